The molecule has 2 amide bonds. The average Bonchev–Trinajstić information content (AvgIpc) is 3.20. The van der Waals surface area contributed by atoms with Crippen LogP contribution in [0.2, 0.25) is 0 Å². The predicted molar refractivity (Wildman–Crippen MR) is 104 cm³/mol. The molecule has 2 heterocycles. The van der Waals surface area contributed by atoms with E-state index < -0.39 is 17.9 Å². The minimum Gasteiger partial charge on any atom is -0.496 e. The van der Waals surface area contributed by atoms with Crippen LogP contribution in [0.4, 0.5) is 0 Å². The van der Waals surface area contributed by atoms with Gasteiger partial charge in [0.25, 0.3) is 5.91 Å². The number of amides is 2. The maximum Gasteiger partial charge on any atom is 0.269 e. The quantitative estimate of drug-likeness (QED) is 0.668. The second-order valence-corrected chi connectivity index (χ2v) is 7.34. The Labute approximate surface area is 168 Å². The number of hydrogen-bond donors (Lipinski definition) is 3. The van der Waals surface area contributed by atoms with Crippen LogP contribution in [0.1, 0.15) is 49.7 Å². The van der Waals surface area contributed by atoms with Crippen LogP contribution in [0.5, 0.6) is 5.75 Å². The number of ether oxygens (including phenoxy) is 2. The molecule has 2 fully saturated rings. The summed E-state index contributed by atoms with van der Waals surface area (Å²) in [6.07, 6.45) is -1.19. The van der Waals surface area contributed by atoms with E-state index >= 15 is 0 Å². The molecule has 4 rings (SSSR count). The molecular formula is C21H23N3O5. The van der Waals surface area contributed by atoms with Crippen molar-refractivity contribution in [3.8, 4) is 5.75 Å². The number of rotatable bonds is 6. The molecule has 8 nitrogen and oxygen atoms in total. The van der Waals surface area contributed by atoms with Crippen LogP contribution in [0.3, 0.4) is 0 Å². The van der Waals surface area contributed by atoms with Gasteiger partial charge in [0.1, 0.15) is 17.5 Å². The number of nitrogens with one attached hydrogen (secondary N) is 1. The van der Waals surface area contributed by atoms with E-state index in [1.54, 1.807) is 24.3 Å². The van der Waals surface area contributed by atoms with Gasteiger partial charge in [-0.15, -0.1) is 0 Å². The molecule has 0 spiro atoms. The van der Waals surface area contributed by atoms with Crippen LogP contribution in [0.25, 0.3) is 0 Å². The van der Waals surface area contributed by atoms with Crippen LogP contribution >= 0.6 is 0 Å². The second kappa shape index (κ2) is 7.46. The third kappa shape index (κ3) is 3.24. The zero-order valence-electron chi connectivity index (χ0n) is 16.2. The number of pyridine rings is 1. The van der Waals surface area contributed by atoms with Crippen molar-refractivity contribution in [1.29, 1.82) is 0 Å². The number of aliphatic hydroxyl groups excluding tert-OH is 1. The minimum absolute atomic E-state index is 0.00324. The molecule has 4 atom stereocenters. The maximum atomic E-state index is 12.6. The highest BCUT2D eigenvalue weighted by atomic mass is 16.5. The Morgan fingerprint density at radius 2 is 2.00 bits per heavy atom. The number of nitrogens with two attached hydrogens (primary N) is 1. The molecule has 2 aliphatic rings. The summed E-state index contributed by atoms with van der Waals surface area (Å²) < 4.78 is 10.8. The molecule has 29 heavy (non-hydrogen) atoms. The molecule has 1 saturated carbocycles. The summed E-state index contributed by atoms with van der Waals surface area (Å²) in [5.74, 6) is -0.105. The highest BCUT2D eigenvalue weighted by molar-refractivity contribution is 6.01. The number of para-hydroxylation sites is 1. The molecule has 1 aromatic heterocycles. The molecule has 1 aliphatic carbocycles. The zero-order valence-corrected chi connectivity index (χ0v) is 16.2. The van der Waals surface area contributed by atoms with Gasteiger partial charge in [0.15, 0.2) is 0 Å². The molecule has 0 radical (unpaired) electrons. The number of aliphatic hydroxyl groups is 1. The smallest absolute Gasteiger partial charge is 0.269 e. The van der Waals surface area contributed by atoms with Gasteiger partial charge in [-0.2, -0.15) is 0 Å². The standard InChI is InChI=1S/C21H23N3O5/c1-23-21(27)18-17(16-12-8-29-9-13(12)16)11(20(22)26)7-14(24-18)19(25)10-5-3-4-6-15(10)28-2/h3-7,12-13,16,19,25H,8-9H2,1-2H3,(H2,22,26)(H,23,27)/t12-,13+,16?,19-/m0/s1. The molecule has 2 aromatic rings. The molecule has 1 saturated heterocycles. The summed E-state index contributed by atoms with van der Waals surface area (Å²) in [6.45, 7) is 1.18. The lowest BCUT2D eigenvalue weighted by atomic mass is 9.94. The van der Waals surface area contributed by atoms with E-state index in [0.717, 1.165) is 0 Å². The monoisotopic (exact) mass is 397 g/mol. The maximum absolute atomic E-state index is 12.6. The first kappa shape index (κ1) is 19.4. The Morgan fingerprint density at radius 3 is 2.62 bits per heavy atom. The SMILES string of the molecule is CNC(=O)c1nc([C@@H](O)c2ccccc2OC)cc(C(N)=O)c1C1[C@H]2COC[C@@H]12. The first-order chi connectivity index (χ1) is 14.0. The summed E-state index contributed by atoms with van der Waals surface area (Å²) in [5, 5.41) is 13.5. The molecular weight excluding hydrogens is 374 g/mol. The van der Waals surface area contributed by atoms with Gasteiger partial charge in [0.05, 0.1) is 26.0 Å². The summed E-state index contributed by atoms with van der Waals surface area (Å²) in [4.78, 5) is 29.4. The number of carbonyl (C=O) groups is 2. The molecule has 1 aliphatic heterocycles. The van der Waals surface area contributed by atoms with Gasteiger partial charge in [0.2, 0.25) is 5.91 Å². The van der Waals surface area contributed by atoms with Crippen molar-refractivity contribution >= 4 is 11.8 Å². The van der Waals surface area contributed by atoms with Gasteiger partial charge < -0.3 is 25.6 Å². The third-order valence-electron chi connectivity index (χ3n) is 5.79. The lowest BCUT2D eigenvalue weighted by Crippen LogP contribution is -2.26. The van der Waals surface area contributed by atoms with Gasteiger partial charge in [-0.05, 0) is 29.9 Å². The van der Waals surface area contributed by atoms with Gasteiger partial charge in [0, 0.05) is 23.7 Å². The van der Waals surface area contributed by atoms with E-state index in [1.165, 1.54) is 20.2 Å². The van der Waals surface area contributed by atoms with E-state index in [9.17, 15) is 14.7 Å². The Hall–Kier alpha value is -2.97. The minimum atomic E-state index is -1.19. The number of aromatic nitrogens is 1. The normalized spacial score (nSPS) is 23.2. The van der Waals surface area contributed by atoms with Crippen molar-refractivity contribution in [2.75, 3.05) is 27.4 Å². The number of nitrogens with zero attached hydrogens (tertiary/aromatic N) is 1. The highest BCUT2D eigenvalue weighted by Crippen LogP contribution is 2.58. The topological polar surface area (TPSA) is 124 Å². The Morgan fingerprint density at radius 1 is 1.31 bits per heavy atom. The number of fused-ring (bicyclic) bond motifs is 1. The van der Waals surface area contributed by atoms with E-state index in [4.69, 9.17) is 15.2 Å². The fourth-order valence-corrected chi connectivity index (χ4v) is 4.27. The van der Waals surface area contributed by atoms with Crippen molar-refractivity contribution in [3.05, 3.63) is 58.4 Å². The van der Waals surface area contributed by atoms with Gasteiger partial charge in [-0.3, -0.25) is 9.59 Å². The lowest BCUT2D eigenvalue weighted by Gasteiger charge is -2.19. The van der Waals surface area contributed by atoms with Crippen molar-refractivity contribution in [1.82, 2.24) is 10.3 Å². The summed E-state index contributed by atoms with van der Waals surface area (Å²) in [5.41, 5.74) is 7.18. The fraction of sp³-hybridized carbons (Fsp3) is 0.381. The van der Waals surface area contributed by atoms with Crippen LogP contribution < -0.4 is 15.8 Å². The average molecular weight is 397 g/mol. The first-order valence-electron chi connectivity index (χ1n) is 9.43. The number of hydrogen-bond acceptors (Lipinski definition) is 6. The van der Waals surface area contributed by atoms with E-state index in [0.29, 0.717) is 30.1 Å². The van der Waals surface area contributed by atoms with Crippen LogP contribution in [-0.4, -0.2) is 49.3 Å². The summed E-state index contributed by atoms with van der Waals surface area (Å²) >= 11 is 0. The molecule has 1 unspecified atom stereocenters. The van der Waals surface area contributed by atoms with Crippen molar-refractivity contribution in [3.63, 3.8) is 0 Å². The molecule has 1 aromatic carbocycles. The van der Waals surface area contributed by atoms with Gasteiger partial charge in [-0.1, -0.05) is 18.2 Å². The summed E-state index contributed by atoms with van der Waals surface area (Å²) in [7, 11) is 3.00. The lowest BCUT2D eigenvalue weighted by molar-refractivity contribution is 0.0955. The number of methoxy groups -OCH3 is 1. The zero-order chi connectivity index (χ0) is 20.7. The van der Waals surface area contributed by atoms with Crippen molar-refractivity contribution in [2.24, 2.45) is 17.6 Å². The van der Waals surface area contributed by atoms with E-state index in [2.05, 4.69) is 10.3 Å². The third-order valence-corrected chi connectivity index (χ3v) is 5.79. The molecule has 4 N–H and O–H groups in total. The number of benzene rings is 1. The Kier molecular flexibility index (Phi) is 4.97. The van der Waals surface area contributed by atoms with Crippen LogP contribution in [0.15, 0.2) is 30.3 Å². The molecule has 152 valence electrons. The van der Waals surface area contributed by atoms with Crippen molar-refractivity contribution in [2.45, 2.75) is 12.0 Å². The molecule has 8 heteroatoms. The van der Waals surface area contributed by atoms with Crippen LogP contribution in [-0.2, 0) is 4.74 Å². The summed E-state index contributed by atoms with van der Waals surface area (Å²) in [6, 6.07) is 8.44. The van der Waals surface area contributed by atoms with Crippen molar-refractivity contribution < 1.29 is 24.2 Å². The van der Waals surface area contributed by atoms with Crippen LogP contribution in [0, 0.1) is 11.8 Å². The van der Waals surface area contributed by atoms with Gasteiger partial charge >= 0.3 is 0 Å². The Balaban J connectivity index is 1.85. The van der Waals surface area contributed by atoms with E-state index in [1.807, 2.05) is 0 Å². The second-order valence-electron chi connectivity index (χ2n) is 7.34. The predicted octanol–water partition coefficient (Wildman–Crippen LogP) is 0.990. The highest BCUT2D eigenvalue weighted by Gasteiger charge is 2.56. The van der Waals surface area contributed by atoms with E-state index in [-0.39, 0.29) is 34.7 Å². The number of primary amides is 1. The number of carbonyl (C=O) groups excluding carboxylic acids is 2. The van der Waals surface area contributed by atoms with Gasteiger partial charge in [-0.25, -0.2) is 4.98 Å². The first-order valence-corrected chi connectivity index (χ1v) is 9.43. The molecule has 0 bridgehead atoms. The fourth-order valence-electron chi connectivity index (χ4n) is 4.27. The largest absolute Gasteiger partial charge is 0.496 e. The Bertz CT molecular complexity index is 967.